The lowest BCUT2D eigenvalue weighted by Crippen LogP contribution is -2.29. The van der Waals surface area contributed by atoms with Gasteiger partial charge in [-0.3, -0.25) is 4.79 Å². The number of benzene rings is 2. The van der Waals surface area contributed by atoms with Crippen LogP contribution in [0.1, 0.15) is 50.8 Å². The SMILES string of the molecule is Cc1ccc([C@H]2CCN(C(=O)c3cc(C)nc4c3c(C)nn4-c3ccc(C)cc3)C2)cc1. The largest absolute Gasteiger partial charge is 0.338 e. The van der Waals surface area contributed by atoms with Gasteiger partial charge in [0.1, 0.15) is 0 Å². The molecule has 2 aromatic carbocycles. The fourth-order valence-corrected chi connectivity index (χ4v) is 4.67. The second-order valence-electron chi connectivity index (χ2n) is 8.99. The van der Waals surface area contributed by atoms with E-state index >= 15 is 0 Å². The zero-order valence-corrected chi connectivity index (χ0v) is 19.1. The molecule has 0 aliphatic carbocycles. The number of hydrogen-bond donors (Lipinski definition) is 0. The van der Waals surface area contributed by atoms with Crippen LogP contribution in [-0.2, 0) is 0 Å². The van der Waals surface area contributed by atoms with Crippen molar-refractivity contribution in [2.75, 3.05) is 13.1 Å². The third-order valence-electron chi connectivity index (χ3n) is 6.47. The summed E-state index contributed by atoms with van der Waals surface area (Å²) in [5.41, 5.74) is 7.80. The van der Waals surface area contributed by atoms with Crippen LogP contribution in [0.15, 0.2) is 54.6 Å². The molecule has 1 saturated heterocycles. The summed E-state index contributed by atoms with van der Waals surface area (Å²) in [7, 11) is 0. The maximum atomic E-state index is 13.6. The molecule has 5 rings (SSSR count). The van der Waals surface area contributed by atoms with Crippen molar-refractivity contribution >= 4 is 16.9 Å². The number of likely N-dealkylation sites (tertiary alicyclic amines) is 1. The molecular weight excluding hydrogens is 396 g/mol. The highest BCUT2D eigenvalue weighted by Gasteiger charge is 2.30. The normalized spacial score (nSPS) is 16.1. The fourth-order valence-electron chi connectivity index (χ4n) is 4.67. The molecule has 1 aliphatic heterocycles. The van der Waals surface area contributed by atoms with Gasteiger partial charge in [-0.05, 0) is 57.9 Å². The molecule has 0 radical (unpaired) electrons. The molecule has 0 N–H and O–H groups in total. The van der Waals surface area contributed by atoms with Crippen molar-refractivity contribution in [1.82, 2.24) is 19.7 Å². The van der Waals surface area contributed by atoms with E-state index in [0.717, 1.165) is 47.6 Å². The Balaban J connectivity index is 1.51. The minimum Gasteiger partial charge on any atom is -0.338 e. The third-order valence-corrected chi connectivity index (χ3v) is 6.47. The van der Waals surface area contributed by atoms with E-state index in [9.17, 15) is 4.79 Å². The fraction of sp³-hybridized carbons (Fsp3) is 0.296. The van der Waals surface area contributed by atoms with E-state index in [0.29, 0.717) is 11.5 Å². The summed E-state index contributed by atoms with van der Waals surface area (Å²) in [4.78, 5) is 20.4. The van der Waals surface area contributed by atoms with Gasteiger partial charge in [0.2, 0.25) is 0 Å². The molecule has 2 aromatic heterocycles. The lowest BCUT2D eigenvalue weighted by Gasteiger charge is -2.18. The summed E-state index contributed by atoms with van der Waals surface area (Å²) in [6, 6.07) is 18.8. The van der Waals surface area contributed by atoms with Crippen LogP contribution in [0.3, 0.4) is 0 Å². The van der Waals surface area contributed by atoms with Crippen LogP contribution in [0, 0.1) is 27.7 Å². The summed E-state index contributed by atoms with van der Waals surface area (Å²) in [5.74, 6) is 0.455. The van der Waals surface area contributed by atoms with Crippen LogP contribution in [0.25, 0.3) is 16.7 Å². The van der Waals surface area contributed by atoms with Crippen molar-refractivity contribution in [1.29, 1.82) is 0 Å². The Labute approximate surface area is 188 Å². The van der Waals surface area contributed by atoms with Crippen molar-refractivity contribution in [3.8, 4) is 5.69 Å². The number of aromatic nitrogens is 3. The Bertz CT molecular complexity index is 1300. The monoisotopic (exact) mass is 424 g/mol. The molecule has 0 spiro atoms. The van der Waals surface area contributed by atoms with Gasteiger partial charge in [0.05, 0.1) is 22.3 Å². The average molecular weight is 425 g/mol. The number of pyridine rings is 1. The standard InChI is InChI=1S/C27H28N4O/c1-17-5-9-21(10-6-17)22-13-14-30(16-22)27(32)24-15-19(3)28-26-25(24)20(4)29-31(26)23-11-7-18(2)8-12-23/h5-12,15,22H,13-14,16H2,1-4H3/t22-/m0/s1. The number of carbonyl (C=O) groups excluding carboxylic acids is 1. The summed E-state index contributed by atoms with van der Waals surface area (Å²) >= 11 is 0. The van der Waals surface area contributed by atoms with Gasteiger partial charge in [-0.15, -0.1) is 0 Å². The van der Waals surface area contributed by atoms with Crippen LogP contribution < -0.4 is 0 Å². The molecule has 0 unspecified atom stereocenters. The Hall–Kier alpha value is -3.47. The molecule has 162 valence electrons. The zero-order valence-electron chi connectivity index (χ0n) is 19.1. The smallest absolute Gasteiger partial charge is 0.254 e. The molecule has 1 atom stereocenters. The predicted molar refractivity (Wildman–Crippen MR) is 128 cm³/mol. The molecule has 1 amide bonds. The van der Waals surface area contributed by atoms with Crippen molar-refractivity contribution < 1.29 is 4.79 Å². The second-order valence-corrected chi connectivity index (χ2v) is 8.99. The summed E-state index contributed by atoms with van der Waals surface area (Å²) in [6.45, 7) is 9.58. The van der Waals surface area contributed by atoms with Crippen molar-refractivity contribution in [3.05, 3.63) is 88.2 Å². The second kappa shape index (κ2) is 7.90. The molecule has 1 fully saturated rings. The van der Waals surface area contributed by atoms with Gasteiger partial charge < -0.3 is 4.90 Å². The lowest BCUT2D eigenvalue weighted by atomic mass is 9.97. The Morgan fingerprint density at radius 2 is 1.59 bits per heavy atom. The highest BCUT2D eigenvalue weighted by atomic mass is 16.2. The van der Waals surface area contributed by atoms with Gasteiger partial charge >= 0.3 is 0 Å². The van der Waals surface area contributed by atoms with Crippen LogP contribution in [0.2, 0.25) is 0 Å². The Morgan fingerprint density at radius 1 is 0.938 bits per heavy atom. The number of aryl methyl sites for hydroxylation is 4. The maximum absolute atomic E-state index is 13.6. The van der Waals surface area contributed by atoms with Gasteiger partial charge in [-0.2, -0.15) is 5.10 Å². The molecular formula is C27H28N4O. The molecule has 4 aromatic rings. The first-order chi connectivity index (χ1) is 15.4. The summed E-state index contributed by atoms with van der Waals surface area (Å²) in [6.07, 6.45) is 0.990. The number of hydrogen-bond acceptors (Lipinski definition) is 3. The third kappa shape index (κ3) is 3.58. The van der Waals surface area contributed by atoms with E-state index in [1.807, 2.05) is 41.6 Å². The highest BCUT2D eigenvalue weighted by Crippen LogP contribution is 2.31. The van der Waals surface area contributed by atoms with Crippen molar-refractivity contribution in [2.45, 2.75) is 40.0 Å². The molecule has 0 bridgehead atoms. The Kier molecular flexibility index (Phi) is 5.04. The van der Waals surface area contributed by atoms with E-state index in [-0.39, 0.29) is 5.91 Å². The minimum absolute atomic E-state index is 0.0710. The van der Waals surface area contributed by atoms with E-state index in [2.05, 4.69) is 50.2 Å². The lowest BCUT2D eigenvalue weighted by molar-refractivity contribution is 0.0792. The van der Waals surface area contributed by atoms with Crippen LogP contribution in [-0.4, -0.2) is 38.7 Å². The molecule has 5 nitrogen and oxygen atoms in total. The topological polar surface area (TPSA) is 51.0 Å². The number of fused-ring (bicyclic) bond motifs is 1. The predicted octanol–water partition coefficient (Wildman–Crippen LogP) is 5.28. The van der Waals surface area contributed by atoms with Gasteiger partial charge in [-0.1, -0.05) is 47.5 Å². The number of carbonyl (C=O) groups is 1. The number of nitrogens with zero attached hydrogens (tertiary/aromatic N) is 4. The first-order valence-corrected chi connectivity index (χ1v) is 11.2. The molecule has 5 heteroatoms. The van der Waals surface area contributed by atoms with Gasteiger partial charge in [0.15, 0.2) is 5.65 Å². The summed E-state index contributed by atoms with van der Waals surface area (Å²) in [5, 5.41) is 5.60. The molecule has 3 heterocycles. The van der Waals surface area contributed by atoms with Crippen molar-refractivity contribution in [2.24, 2.45) is 0 Å². The first-order valence-electron chi connectivity index (χ1n) is 11.2. The maximum Gasteiger partial charge on any atom is 0.254 e. The van der Waals surface area contributed by atoms with Gasteiger partial charge in [0, 0.05) is 24.7 Å². The highest BCUT2D eigenvalue weighted by molar-refractivity contribution is 6.07. The van der Waals surface area contributed by atoms with Gasteiger partial charge in [-0.25, -0.2) is 9.67 Å². The quantitative estimate of drug-likeness (QED) is 0.449. The van der Waals surface area contributed by atoms with Crippen LogP contribution in [0.5, 0.6) is 0 Å². The number of amides is 1. The van der Waals surface area contributed by atoms with E-state index in [4.69, 9.17) is 10.1 Å². The number of rotatable bonds is 3. The first kappa shape index (κ1) is 20.4. The van der Waals surface area contributed by atoms with E-state index in [1.165, 1.54) is 16.7 Å². The summed E-state index contributed by atoms with van der Waals surface area (Å²) < 4.78 is 1.85. The zero-order chi connectivity index (χ0) is 22.4. The molecule has 32 heavy (non-hydrogen) atoms. The van der Waals surface area contributed by atoms with E-state index in [1.54, 1.807) is 0 Å². The Morgan fingerprint density at radius 3 is 2.28 bits per heavy atom. The van der Waals surface area contributed by atoms with Crippen LogP contribution in [0.4, 0.5) is 0 Å². The molecule has 0 saturated carbocycles. The molecule has 1 aliphatic rings. The van der Waals surface area contributed by atoms with E-state index < -0.39 is 0 Å². The van der Waals surface area contributed by atoms with Gasteiger partial charge in [0.25, 0.3) is 5.91 Å². The average Bonchev–Trinajstić information content (AvgIpc) is 3.39. The van der Waals surface area contributed by atoms with Crippen molar-refractivity contribution in [3.63, 3.8) is 0 Å². The minimum atomic E-state index is 0.0710. The van der Waals surface area contributed by atoms with Crippen LogP contribution >= 0.6 is 0 Å².